The highest BCUT2D eigenvalue weighted by Gasteiger charge is 2.13. The van der Waals surface area contributed by atoms with Crippen LogP contribution in [-0.2, 0) is 13.1 Å². The van der Waals surface area contributed by atoms with Crippen molar-refractivity contribution in [3.8, 4) is 0 Å². The Kier molecular flexibility index (Phi) is 5.73. The average Bonchev–Trinajstić information content (AvgIpc) is 3.39. The van der Waals surface area contributed by atoms with Gasteiger partial charge in [0.2, 0.25) is 0 Å². The van der Waals surface area contributed by atoms with Crippen LogP contribution < -0.4 is 10.6 Å². The highest BCUT2D eigenvalue weighted by atomic mass is 15.2. The van der Waals surface area contributed by atoms with Gasteiger partial charge in [-0.1, -0.05) is 49.0 Å². The minimum Gasteiger partial charge on any atom is -0.378 e. The van der Waals surface area contributed by atoms with Gasteiger partial charge in [-0.2, -0.15) is 5.10 Å². The lowest BCUT2D eigenvalue weighted by Crippen LogP contribution is -2.18. The van der Waals surface area contributed by atoms with Gasteiger partial charge >= 0.3 is 0 Å². The minimum atomic E-state index is 0.742. The summed E-state index contributed by atoms with van der Waals surface area (Å²) in [6, 6.07) is 18.9. The number of likely N-dealkylation sites (tertiary alicyclic amines) is 1. The molecule has 2 aromatic carbocycles. The van der Waals surface area contributed by atoms with Crippen LogP contribution >= 0.6 is 0 Å². The first-order valence-corrected chi connectivity index (χ1v) is 9.87. The molecule has 0 radical (unpaired) electrons. The number of anilines is 2. The molecule has 0 saturated carbocycles. The Morgan fingerprint density at radius 1 is 1.04 bits per heavy atom. The summed E-state index contributed by atoms with van der Waals surface area (Å²) in [4.78, 5) is 2.51. The van der Waals surface area contributed by atoms with E-state index in [0.717, 1.165) is 35.9 Å². The number of H-pyrrole nitrogens is 1. The molecular formula is C23H27N5. The van der Waals surface area contributed by atoms with Crippen LogP contribution in [0.5, 0.6) is 0 Å². The molecule has 0 amide bonds. The predicted octanol–water partition coefficient (Wildman–Crippen LogP) is 4.70. The van der Waals surface area contributed by atoms with Gasteiger partial charge in [-0.15, -0.1) is 0 Å². The molecule has 1 aliphatic rings. The van der Waals surface area contributed by atoms with Crippen LogP contribution in [0.25, 0.3) is 5.70 Å². The van der Waals surface area contributed by atoms with Crippen molar-refractivity contribution < 1.29 is 0 Å². The lowest BCUT2D eigenvalue weighted by molar-refractivity contribution is 0.331. The largest absolute Gasteiger partial charge is 0.378 e. The van der Waals surface area contributed by atoms with Crippen LogP contribution in [0.3, 0.4) is 0 Å². The van der Waals surface area contributed by atoms with E-state index in [1.807, 2.05) is 24.4 Å². The van der Waals surface area contributed by atoms with E-state index in [1.54, 1.807) is 0 Å². The molecule has 5 heteroatoms. The molecule has 0 aliphatic carbocycles. The standard InChI is InChI=1S/C23H27N5/c1-18(23-22(16-25-27-23)24-15-19-8-3-2-4-9-19)26-21-11-7-10-20(14-21)17-28-12-5-6-13-28/h2-4,7-11,14,16,24,26H,1,5-6,12-13,15,17H2,(H,25,27). The number of hydrogen-bond acceptors (Lipinski definition) is 4. The number of benzene rings is 2. The van der Waals surface area contributed by atoms with Crippen molar-refractivity contribution in [2.45, 2.75) is 25.9 Å². The van der Waals surface area contributed by atoms with Crippen LogP contribution in [0.2, 0.25) is 0 Å². The molecule has 0 atom stereocenters. The Morgan fingerprint density at radius 2 is 1.82 bits per heavy atom. The third kappa shape index (κ3) is 4.61. The molecule has 144 valence electrons. The second-order valence-electron chi connectivity index (χ2n) is 7.27. The Labute approximate surface area is 166 Å². The van der Waals surface area contributed by atoms with E-state index in [1.165, 1.54) is 37.1 Å². The van der Waals surface area contributed by atoms with Gasteiger partial charge in [0.1, 0.15) is 5.69 Å². The second-order valence-corrected chi connectivity index (χ2v) is 7.27. The van der Waals surface area contributed by atoms with Crippen molar-refractivity contribution in [3.63, 3.8) is 0 Å². The lowest BCUT2D eigenvalue weighted by Gasteiger charge is -2.16. The number of nitrogens with zero attached hydrogens (tertiary/aromatic N) is 2. The molecule has 1 aromatic heterocycles. The summed E-state index contributed by atoms with van der Waals surface area (Å²) in [6.45, 7) is 8.35. The third-order valence-corrected chi connectivity index (χ3v) is 5.08. The van der Waals surface area contributed by atoms with Crippen LogP contribution in [0.4, 0.5) is 11.4 Å². The molecule has 4 rings (SSSR count). The Hall–Kier alpha value is -3.05. The summed E-state index contributed by atoms with van der Waals surface area (Å²) in [5.41, 5.74) is 6.11. The molecule has 0 spiro atoms. The first-order chi connectivity index (χ1) is 13.8. The molecule has 1 saturated heterocycles. The quantitative estimate of drug-likeness (QED) is 0.536. The van der Waals surface area contributed by atoms with E-state index < -0.39 is 0 Å². The molecule has 1 fully saturated rings. The van der Waals surface area contributed by atoms with Gasteiger partial charge in [0, 0.05) is 25.0 Å². The average molecular weight is 374 g/mol. The van der Waals surface area contributed by atoms with Crippen molar-refractivity contribution >= 4 is 17.1 Å². The van der Waals surface area contributed by atoms with Crippen molar-refractivity contribution in [1.29, 1.82) is 0 Å². The first kappa shape index (κ1) is 18.3. The number of aromatic amines is 1. The van der Waals surface area contributed by atoms with Crippen molar-refractivity contribution in [1.82, 2.24) is 15.1 Å². The van der Waals surface area contributed by atoms with Crippen LogP contribution in [-0.4, -0.2) is 28.2 Å². The molecular weight excluding hydrogens is 346 g/mol. The number of nitrogens with one attached hydrogen (secondary N) is 3. The smallest absolute Gasteiger partial charge is 0.131 e. The zero-order chi connectivity index (χ0) is 19.2. The topological polar surface area (TPSA) is 56.0 Å². The summed E-state index contributed by atoms with van der Waals surface area (Å²) in [7, 11) is 0. The summed E-state index contributed by atoms with van der Waals surface area (Å²) in [6.07, 6.45) is 4.49. The zero-order valence-corrected chi connectivity index (χ0v) is 16.1. The highest BCUT2D eigenvalue weighted by molar-refractivity contribution is 5.79. The van der Waals surface area contributed by atoms with Gasteiger partial charge in [0.25, 0.3) is 0 Å². The number of rotatable bonds is 8. The van der Waals surface area contributed by atoms with Gasteiger partial charge in [0.05, 0.1) is 11.4 Å². The van der Waals surface area contributed by atoms with Crippen LogP contribution in [0, 0.1) is 0 Å². The van der Waals surface area contributed by atoms with E-state index in [9.17, 15) is 0 Å². The maximum atomic E-state index is 4.37. The SMILES string of the molecule is C=C(Nc1cccc(CN2CCCC2)c1)c1n[nH]cc1NCc1ccccc1. The van der Waals surface area contributed by atoms with Gasteiger partial charge < -0.3 is 10.6 Å². The minimum absolute atomic E-state index is 0.742. The summed E-state index contributed by atoms with van der Waals surface area (Å²) in [5, 5.41) is 14.2. The second kappa shape index (κ2) is 8.76. The fourth-order valence-corrected chi connectivity index (χ4v) is 3.63. The molecule has 28 heavy (non-hydrogen) atoms. The molecule has 3 aromatic rings. The third-order valence-electron chi connectivity index (χ3n) is 5.08. The predicted molar refractivity (Wildman–Crippen MR) is 116 cm³/mol. The van der Waals surface area contributed by atoms with E-state index in [-0.39, 0.29) is 0 Å². The van der Waals surface area contributed by atoms with Crippen molar-refractivity contribution in [2.24, 2.45) is 0 Å². The Balaban J connectivity index is 1.39. The van der Waals surface area contributed by atoms with E-state index in [2.05, 4.69) is 68.7 Å². The maximum absolute atomic E-state index is 4.37. The van der Waals surface area contributed by atoms with Crippen LogP contribution in [0.1, 0.15) is 29.7 Å². The lowest BCUT2D eigenvalue weighted by atomic mass is 10.1. The number of aromatic nitrogens is 2. The summed E-state index contributed by atoms with van der Waals surface area (Å²) < 4.78 is 0. The van der Waals surface area contributed by atoms with E-state index >= 15 is 0 Å². The molecule has 3 N–H and O–H groups in total. The van der Waals surface area contributed by atoms with Gasteiger partial charge in [-0.05, 0) is 49.2 Å². The normalized spacial score (nSPS) is 14.1. The van der Waals surface area contributed by atoms with Gasteiger partial charge in [0.15, 0.2) is 0 Å². The van der Waals surface area contributed by atoms with Crippen molar-refractivity contribution in [3.05, 3.63) is 84.2 Å². The monoisotopic (exact) mass is 373 g/mol. The molecule has 0 unspecified atom stereocenters. The van der Waals surface area contributed by atoms with E-state index in [4.69, 9.17) is 0 Å². The molecule has 0 bridgehead atoms. The van der Waals surface area contributed by atoms with Gasteiger partial charge in [-0.25, -0.2) is 0 Å². The highest BCUT2D eigenvalue weighted by Crippen LogP contribution is 2.24. The molecule has 2 heterocycles. The maximum Gasteiger partial charge on any atom is 0.131 e. The Bertz CT molecular complexity index is 910. The summed E-state index contributed by atoms with van der Waals surface area (Å²) >= 11 is 0. The van der Waals surface area contributed by atoms with Crippen molar-refractivity contribution in [2.75, 3.05) is 23.7 Å². The van der Waals surface area contributed by atoms with E-state index in [0.29, 0.717) is 0 Å². The Morgan fingerprint density at radius 3 is 2.64 bits per heavy atom. The first-order valence-electron chi connectivity index (χ1n) is 9.87. The molecule has 1 aliphatic heterocycles. The zero-order valence-electron chi connectivity index (χ0n) is 16.1. The fraction of sp³-hybridized carbons (Fsp3) is 0.261. The van der Waals surface area contributed by atoms with Crippen LogP contribution in [0.15, 0.2) is 67.4 Å². The number of hydrogen-bond donors (Lipinski definition) is 3. The summed E-state index contributed by atoms with van der Waals surface area (Å²) in [5.74, 6) is 0. The molecule has 5 nitrogen and oxygen atoms in total. The fourth-order valence-electron chi connectivity index (χ4n) is 3.63. The van der Waals surface area contributed by atoms with Gasteiger partial charge in [-0.3, -0.25) is 10.00 Å².